The third kappa shape index (κ3) is 8.59. The number of guanidine groups is 1. The van der Waals surface area contributed by atoms with E-state index in [-0.39, 0.29) is 0 Å². The minimum absolute atomic E-state index is 0.664. The van der Waals surface area contributed by atoms with Crippen molar-refractivity contribution in [2.24, 2.45) is 16.8 Å². The Labute approximate surface area is 136 Å². The van der Waals surface area contributed by atoms with Crippen molar-refractivity contribution in [2.75, 3.05) is 46.6 Å². The van der Waals surface area contributed by atoms with Crippen LogP contribution in [0.3, 0.4) is 0 Å². The molecule has 1 fully saturated rings. The van der Waals surface area contributed by atoms with Crippen molar-refractivity contribution < 1.29 is 9.47 Å². The number of ether oxygens (including phenoxy) is 2. The number of nitrogens with one attached hydrogen (secondary N) is 2. The normalized spacial score (nSPS) is 22.6. The molecule has 0 aromatic carbocycles. The predicted molar refractivity (Wildman–Crippen MR) is 92.4 cm³/mol. The van der Waals surface area contributed by atoms with Gasteiger partial charge in [0.25, 0.3) is 0 Å². The Bertz CT molecular complexity index is 298. The Kier molecular flexibility index (Phi) is 11.1. The van der Waals surface area contributed by atoms with Crippen LogP contribution >= 0.6 is 0 Å². The zero-order chi connectivity index (χ0) is 16.0. The molecule has 0 aromatic heterocycles. The monoisotopic (exact) mass is 313 g/mol. The second kappa shape index (κ2) is 12.7. The van der Waals surface area contributed by atoms with Crippen molar-refractivity contribution in [3.8, 4) is 0 Å². The standard InChI is InChI=1S/C17H35N3O2/c1-4-18-17(19-10-7-11-22-13-12-21-3)20-14-16-9-6-5-8-15(16)2/h15-16H,4-14H2,1-3H3,(H2,18,19,20). The molecule has 1 rings (SSSR count). The molecule has 0 aliphatic heterocycles. The van der Waals surface area contributed by atoms with Gasteiger partial charge in [-0.3, -0.25) is 4.99 Å². The second-order valence-corrected chi connectivity index (χ2v) is 6.13. The van der Waals surface area contributed by atoms with E-state index in [1.165, 1.54) is 25.7 Å². The number of hydrogen-bond donors (Lipinski definition) is 2. The van der Waals surface area contributed by atoms with Crippen LogP contribution in [-0.2, 0) is 9.47 Å². The third-order valence-corrected chi connectivity index (χ3v) is 4.31. The Morgan fingerprint density at radius 2 is 1.95 bits per heavy atom. The lowest BCUT2D eigenvalue weighted by atomic mass is 9.80. The predicted octanol–water partition coefficient (Wildman–Crippen LogP) is 2.42. The van der Waals surface area contributed by atoms with Crippen LogP contribution in [0.2, 0.25) is 0 Å². The maximum Gasteiger partial charge on any atom is 0.191 e. The summed E-state index contributed by atoms with van der Waals surface area (Å²) in [5.74, 6) is 2.51. The zero-order valence-electron chi connectivity index (χ0n) is 14.7. The van der Waals surface area contributed by atoms with E-state index in [1.54, 1.807) is 7.11 Å². The van der Waals surface area contributed by atoms with E-state index in [9.17, 15) is 0 Å². The molecule has 5 heteroatoms. The molecule has 2 N–H and O–H groups in total. The molecule has 22 heavy (non-hydrogen) atoms. The van der Waals surface area contributed by atoms with Gasteiger partial charge in [-0.1, -0.05) is 26.2 Å². The van der Waals surface area contributed by atoms with Crippen LogP contribution in [-0.4, -0.2) is 52.5 Å². The van der Waals surface area contributed by atoms with Gasteiger partial charge >= 0.3 is 0 Å². The molecule has 1 aliphatic rings. The van der Waals surface area contributed by atoms with E-state index < -0.39 is 0 Å². The molecule has 0 heterocycles. The zero-order valence-corrected chi connectivity index (χ0v) is 14.7. The summed E-state index contributed by atoms with van der Waals surface area (Å²) >= 11 is 0. The smallest absolute Gasteiger partial charge is 0.191 e. The van der Waals surface area contributed by atoms with Gasteiger partial charge in [0.2, 0.25) is 0 Å². The fraction of sp³-hybridized carbons (Fsp3) is 0.941. The van der Waals surface area contributed by atoms with Crippen LogP contribution in [0.15, 0.2) is 4.99 Å². The van der Waals surface area contributed by atoms with E-state index in [4.69, 9.17) is 14.5 Å². The number of aliphatic imine (C=N–C) groups is 1. The average Bonchev–Trinajstić information content (AvgIpc) is 2.53. The Morgan fingerprint density at radius 1 is 1.14 bits per heavy atom. The molecule has 130 valence electrons. The van der Waals surface area contributed by atoms with Crippen LogP contribution in [0.1, 0.15) is 46.0 Å². The van der Waals surface area contributed by atoms with Crippen molar-refractivity contribution in [3.63, 3.8) is 0 Å². The first-order valence-electron chi connectivity index (χ1n) is 8.86. The van der Waals surface area contributed by atoms with Gasteiger partial charge in [-0.2, -0.15) is 0 Å². The minimum Gasteiger partial charge on any atom is -0.382 e. The van der Waals surface area contributed by atoms with Crippen molar-refractivity contribution in [1.29, 1.82) is 0 Å². The molecule has 0 spiro atoms. The highest BCUT2D eigenvalue weighted by Crippen LogP contribution is 2.29. The van der Waals surface area contributed by atoms with Crippen molar-refractivity contribution in [3.05, 3.63) is 0 Å². The van der Waals surface area contributed by atoms with Gasteiger partial charge in [-0.15, -0.1) is 0 Å². The largest absolute Gasteiger partial charge is 0.382 e. The maximum absolute atomic E-state index is 5.46. The molecule has 2 unspecified atom stereocenters. The van der Waals surface area contributed by atoms with Crippen molar-refractivity contribution in [1.82, 2.24) is 10.6 Å². The fourth-order valence-corrected chi connectivity index (χ4v) is 2.84. The summed E-state index contributed by atoms with van der Waals surface area (Å²) in [6.45, 7) is 9.30. The first kappa shape index (κ1) is 19.2. The average molecular weight is 313 g/mol. The van der Waals surface area contributed by atoms with E-state index in [0.29, 0.717) is 13.2 Å². The van der Waals surface area contributed by atoms with Gasteiger partial charge in [-0.05, 0) is 31.6 Å². The van der Waals surface area contributed by atoms with E-state index in [0.717, 1.165) is 50.5 Å². The molecular weight excluding hydrogens is 278 g/mol. The summed E-state index contributed by atoms with van der Waals surface area (Å²) < 4.78 is 10.4. The van der Waals surface area contributed by atoms with E-state index in [1.807, 2.05) is 0 Å². The van der Waals surface area contributed by atoms with Gasteiger partial charge in [0.05, 0.1) is 13.2 Å². The first-order chi connectivity index (χ1) is 10.8. The van der Waals surface area contributed by atoms with Gasteiger partial charge in [0, 0.05) is 33.4 Å². The molecule has 2 atom stereocenters. The van der Waals surface area contributed by atoms with Gasteiger partial charge in [0.1, 0.15) is 0 Å². The highest BCUT2D eigenvalue weighted by Gasteiger charge is 2.20. The van der Waals surface area contributed by atoms with Crippen molar-refractivity contribution >= 4 is 5.96 Å². The van der Waals surface area contributed by atoms with Crippen LogP contribution in [0.25, 0.3) is 0 Å². The van der Waals surface area contributed by atoms with Gasteiger partial charge in [-0.25, -0.2) is 0 Å². The number of nitrogens with zero attached hydrogens (tertiary/aromatic N) is 1. The van der Waals surface area contributed by atoms with E-state index >= 15 is 0 Å². The molecular formula is C17H35N3O2. The van der Waals surface area contributed by atoms with Crippen LogP contribution < -0.4 is 10.6 Å². The third-order valence-electron chi connectivity index (χ3n) is 4.31. The molecule has 1 aliphatic carbocycles. The molecule has 0 amide bonds. The minimum atomic E-state index is 0.664. The molecule has 5 nitrogen and oxygen atoms in total. The Hall–Kier alpha value is -0.810. The topological polar surface area (TPSA) is 54.9 Å². The Balaban J connectivity index is 2.20. The van der Waals surface area contributed by atoms with Gasteiger partial charge in [0.15, 0.2) is 5.96 Å². The highest BCUT2D eigenvalue weighted by molar-refractivity contribution is 5.79. The lowest BCUT2D eigenvalue weighted by Crippen LogP contribution is -2.38. The first-order valence-corrected chi connectivity index (χ1v) is 8.86. The Morgan fingerprint density at radius 3 is 2.68 bits per heavy atom. The number of rotatable bonds is 10. The summed E-state index contributed by atoms with van der Waals surface area (Å²) in [7, 11) is 1.69. The fourth-order valence-electron chi connectivity index (χ4n) is 2.84. The van der Waals surface area contributed by atoms with Gasteiger partial charge < -0.3 is 20.1 Å². The lowest BCUT2D eigenvalue weighted by Gasteiger charge is -2.27. The van der Waals surface area contributed by atoms with E-state index in [2.05, 4.69) is 24.5 Å². The summed E-state index contributed by atoms with van der Waals surface area (Å²) in [5.41, 5.74) is 0. The summed E-state index contributed by atoms with van der Waals surface area (Å²) in [6, 6.07) is 0. The summed E-state index contributed by atoms with van der Waals surface area (Å²) in [4.78, 5) is 4.77. The second-order valence-electron chi connectivity index (χ2n) is 6.13. The molecule has 1 saturated carbocycles. The lowest BCUT2D eigenvalue weighted by molar-refractivity contribution is 0.0698. The SMILES string of the molecule is CCNC(=NCC1CCCCC1C)NCCCOCCOC. The highest BCUT2D eigenvalue weighted by atomic mass is 16.5. The van der Waals surface area contributed by atoms with Crippen molar-refractivity contribution in [2.45, 2.75) is 46.0 Å². The molecule has 0 saturated heterocycles. The van der Waals surface area contributed by atoms with Crippen LogP contribution in [0.4, 0.5) is 0 Å². The summed E-state index contributed by atoms with van der Waals surface area (Å²) in [5, 5.41) is 6.72. The maximum atomic E-state index is 5.46. The van der Waals surface area contributed by atoms with Crippen LogP contribution in [0.5, 0.6) is 0 Å². The summed E-state index contributed by atoms with van der Waals surface area (Å²) in [6.07, 6.45) is 6.43. The molecule has 0 radical (unpaired) electrons. The van der Waals surface area contributed by atoms with Crippen LogP contribution in [0, 0.1) is 11.8 Å². The number of hydrogen-bond acceptors (Lipinski definition) is 3. The number of methoxy groups -OCH3 is 1. The quantitative estimate of drug-likeness (QED) is 0.369. The molecule has 0 bridgehead atoms. The molecule has 0 aromatic rings.